The van der Waals surface area contributed by atoms with Crippen molar-refractivity contribution in [1.29, 1.82) is 0 Å². The first-order chi connectivity index (χ1) is 17.3. The minimum Gasteiger partial charge on any atom is -0.476 e. The first-order valence-electron chi connectivity index (χ1n) is 10.9. The van der Waals surface area contributed by atoms with Gasteiger partial charge in [-0.25, -0.2) is 18.6 Å². The zero-order valence-corrected chi connectivity index (χ0v) is 19.6. The monoisotopic (exact) mass is 518 g/mol. The van der Waals surface area contributed by atoms with Crippen LogP contribution in [0.5, 0.6) is 0 Å². The number of nitrogens with zero attached hydrogens (tertiary/aromatic N) is 1. The predicted octanol–water partition coefficient (Wildman–Crippen LogP) is 6.64. The van der Waals surface area contributed by atoms with Gasteiger partial charge in [0, 0.05) is 16.7 Å². The fraction of sp³-hybridized carbons (Fsp3) is 0.192. The molecule has 0 bridgehead atoms. The maximum Gasteiger partial charge on any atom is 0.433 e. The molecule has 2 aromatic carbocycles. The Morgan fingerprint density at radius 1 is 1.05 bits per heavy atom. The first-order valence-corrected chi connectivity index (χ1v) is 10.9. The minimum atomic E-state index is -4.83. The molecule has 0 aliphatic carbocycles. The Morgan fingerprint density at radius 2 is 1.76 bits per heavy atom. The normalized spacial score (nSPS) is 12.5. The van der Waals surface area contributed by atoms with Gasteiger partial charge in [0.05, 0.1) is 17.1 Å². The molecule has 0 fully saturated rings. The minimum absolute atomic E-state index is 0.0103. The summed E-state index contributed by atoms with van der Waals surface area (Å²) in [6, 6.07) is 7.14. The van der Waals surface area contributed by atoms with Crippen LogP contribution in [0.2, 0.25) is 0 Å². The van der Waals surface area contributed by atoms with Crippen molar-refractivity contribution in [3.05, 3.63) is 92.4 Å². The lowest BCUT2D eigenvalue weighted by Gasteiger charge is -2.20. The maximum absolute atomic E-state index is 13.9. The second-order valence-corrected chi connectivity index (χ2v) is 8.51. The molecule has 4 rings (SSSR count). The lowest BCUT2D eigenvalue weighted by atomic mass is 9.98. The summed E-state index contributed by atoms with van der Waals surface area (Å²) in [5.41, 5.74) is -1.37. The lowest BCUT2D eigenvalue weighted by Crippen LogP contribution is -2.17. The zero-order valence-electron chi connectivity index (χ0n) is 19.6. The molecule has 0 unspecified atom stereocenters. The van der Waals surface area contributed by atoms with Crippen molar-refractivity contribution in [3.8, 4) is 11.3 Å². The van der Waals surface area contributed by atoms with E-state index >= 15 is 0 Å². The summed E-state index contributed by atoms with van der Waals surface area (Å²) in [6.07, 6.45) is -4.83. The summed E-state index contributed by atoms with van der Waals surface area (Å²) in [4.78, 5) is 28.1. The fourth-order valence-corrected chi connectivity index (χ4v) is 4.01. The lowest BCUT2D eigenvalue weighted by molar-refractivity contribution is -0.141. The number of anilines is 1. The smallest absolute Gasteiger partial charge is 0.433 e. The highest BCUT2D eigenvalue weighted by Gasteiger charge is 2.34. The third-order valence-electron chi connectivity index (χ3n) is 5.80. The Hall–Kier alpha value is -4.28. The Balaban J connectivity index is 1.86. The highest BCUT2D eigenvalue weighted by molar-refractivity contribution is 5.92. The molecular formula is C26H19F5N2O4. The van der Waals surface area contributed by atoms with Crippen LogP contribution < -0.4 is 10.7 Å². The van der Waals surface area contributed by atoms with Crippen LogP contribution in [-0.4, -0.2) is 16.1 Å². The Morgan fingerprint density at radius 3 is 2.38 bits per heavy atom. The first kappa shape index (κ1) is 25.8. The number of carbonyl (C=O) groups is 1. The van der Waals surface area contributed by atoms with Gasteiger partial charge in [0.25, 0.3) is 0 Å². The van der Waals surface area contributed by atoms with Gasteiger partial charge in [-0.2, -0.15) is 13.2 Å². The van der Waals surface area contributed by atoms with E-state index in [-0.39, 0.29) is 33.5 Å². The second kappa shape index (κ2) is 9.30. The molecule has 0 radical (unpaired) electrons. The summed E-state index contributed by atoms with van der Waals surface area (Å²) in [5.74, 6) is -3.86. The van der Waals surface area contributed by atoms with E-state index in [0.717, 1.165) is 18.2 Å². The van der Waals surface area contributed by atoms with Crippen LogP contribution in [0.3, 0.4) is 0 Å². The molecule has 2 N–H and O–H groups in total. The zero-order chi connectivity index (χ0) is 27.2. The topological polar surface area (TPSA) is 92.4 Å². The number of aromatic nitrogens is 1. The molecule has 6 nitrogen and oxygen atoms in total. The van der Waals surface area contributed by atoms with E-state index in [2.05, 4.69) is 10.3 Å². The number of alkyl halides is 3. The Kier molecular flexibility index (Phi) is 6.49. The summed E-state index contributed by atoms with van der Waals surface area (Å²) < 4.78 is 72.5. The number of carboxylic acid groups (broad SMARTS) is 1. The van der Waals surface area contributed by atoms with Gasteiger partial charge in [0.2, 0.25) is 0 Å². The molecule has 0 spiro atoms. The van der Waals surface area contributed by atoms with Crippen LogP contribution in [-0.2, 0) is 6.18 Å². The molecule has 192 valence electrons. The van der Waals surface area contributed by atoms with Gasteiger partial charge in [0.15, 0.2) is 22.8 Å². The highest BCUT2D eigenvalue weighted by Crippen LogP contribution is 2.34. The number of pyridine rings is 1. The number of carboxylic acids is 1. The third kappa shape index (κ3) is 4.89. The van der Waals surface area contributed by atoms with E-state index < -0.39 is 46.6 Å². The second-order valence-electron chi connectivity index (χ2n) is 8.51. The van der Waals surface area contributed by atoms with Crippen molar-refractivity contribution in [2.45, 2.75) is 33.0 Å². The van der Waals surface area contributed by atoms with E-state index in [1.165, 1.54) is 13.0 Å². The quantitative estimate of drug-likeness (QED) is 0.288. The van der Waals surface area contributed by atoms with Gasteiger partial charge in [-0.15, -0.1) is 0 Å². The van der Waals surface area contributed by atoms with Gasteiger partial charge in [0.1, 0.15) is 17.0 Å². The van der Waals surface area contributed by atoms with E-state index in [0.29, 0.717) is 17.2 Å². The van der Waals surface area contributed by atoms with Crippen LogP contribution in [0, 0.1) is 25.5 Å². The van der Waals surface area contributed by atoms with Crippen LogP contribution in [0.15, 0.2) is 51.7 Å². The summed E-state index contributed by atoms with van der Waals surface area (Å²) in [6.45, 7) is 4.79. The van der Waals surface area contributed by atoms with E-state index in [9.17, 15) is 36.6 Å². The van der Waals surface area contributed by atoms with Crippen LogP contribution >= 0.6 is 0 Å². The SMILES string of the molecule is Cc1cc([C@@H](C)Nc2ccc(C(F)(F)F)nc2C(=O)O)c2oc(-c3ccc(F)c(F)c3)c(C)c(=O)c2c1. The van der Waals surface area contributed by atoms with E-state index in [1.54, 1.807) is 26.0 Å². The number of aromatic carboxylic acids is 1. The van der Waals surface area contributed by atoms with Gasteiger partial charge < -0.3 is 14.8 Å². The molecule has 0 aliphatic heterocycles. The van der Waals surface area contributed by atoms with E-state index in [4.69, 9.17) is 4.42 Å². The molecule has 2 heterocycles. The number of aryl methyl sites for hydroxylation is 1. The van der Waals surface area contributed by atoms with Crippen LogP contribution in [0.1, 0.15) is 45.8 Å². The largest absolute Gasteiger partial charge is 0.476 e. The number of rotatable bonds is 5. The average Bonchev–Trinajstić information content (AvgIpc) is 2.82. The van der Waals surface area contributed by atoms with Crippen molar-refractivity contribution >= 4 is 22.6 Å². The van der Waals surface area contributed by atoms with Crippen molar-refractivity contribution in [2.24, 2.45) is 0 Å². The molecule has 0 amide bonds. The fourth-order valence-electron chi connectivity index (χ4n) is 4.01. The number of fused-ring (bicyclic) bond motifs is 1. The summed E-state index contributed by atoms with van der Waals surface area (Å²) in [5, 5.41) is 12.5. The predicted molar refractivity (Wildman–Crippen MR) is 126 cm³/mol. The van der Waals surface area contributed by atoms with Gasteiger partial charge in [-0.3, -0.25) is 4.79 Å². The molecule has 1 atom stereocenters. The van der Waals surface area contributed by atoms with Crippen molar-refractivity contribution < 1.29 is 36.3 Å². The van der Waals surface area contributed by atoms with Crippen molar-refractivity contribution in [1.82, 2.24) is 4.98 Å². The van der Waals surface area contributed by atoms with Gasteiger partial charge in [-0.05, 0) is 62.7 Å². The number of halogens is 5. The highest BCUT2D eigenvalue weighted by atomic mass is 19.4. The van der Waals surface area contributed by atoms with Crippen LogP contribution in [0.4, 0.5) is 27.6 Å². The third-order valence-corrected chi connectivity index (χ3v) is 5.80. The van der Waals surface area contributed by atoms with Crippen LogP contribution in [0.25, 0.3) is 22.3 Å². The van der Waals surface area contributed by atoms with E-state index in [1.807, 2.05) is 0 Å². The number of hydrogen-bond donors (Lipinski definition) is 2. The molecule has 0 saturated heterocycles. The Labute approximate surface area is 206 Å². The molecule has 0 aliphatic rings. The number of nitrogens with one attached hydrogen (secondary N) is 1. The van der Waals surface area contributed by atoms with Crippen molar-refractivity contribution in [2.75, 3.05) is 5.32 Å². The molecular weight excluding hydrogens is 499 g/mol. The molecule has 2 aromatic heterocycles. The average molecular weight is 518 g/mol. The summed E-state index contributed by atoms with van der Waals surface area (Å²) in [7, 11) is 0. The maximum atomic E-state index is 13.9. The Bertz CT molecular complexity index is 1610. The molecule has 11 heteroatoms. The van der Waals surface area contributed by atoms with Gasteiger partial charge in [-0.1, -0.05) is 6.07 Å². The number of benzene rings is 2. The standard InChI is InChI=1S/C26H19F5N2O4/c1-11-8-15(13(3)32-19-6-7-20(26(29,30)31)33-21(19)25(35)36)24-16(9-11)22(34)12(2)23(37-24)14-4-5-17(27)18(28)10-14/h4-10,13,32H,1-3H3,(H,35,36)/t13-/m1/s1. The van der Waals surface area contributed by atoms with Crippen molar-refractivity contribution in [3.63, 3.8) is 0 Å². The number of hydrogen-bond acceptors (Lipinski definition) is 5. The molecule has 4 aromatic rings. The molecule has 37 heavy (non-hydrogen) atoms. The summed E-state index contributed by atoms with van der Waals surface area (Å²) >= 11 is 0. The van der Waals surface area contributed by atoms with Gasteiger partial charge >= 0.3 is 12.1 Å². The molecule has 0 saturated carbocycles.